The van der Waals surface area contributed by atoms with Gasteiger partial charge in [0.15, 0.2) is 15.6 Å². The van der Waals surface area contributed by atoms with Gasteiger partial charge >= 0.3 is 5.97 Å². The molecule has 1 aromatic carbocycles. The van der Waals surface area contributed by atoms with E-state index in [1.54, 1.807) is 30.3 Å². The van der Waals surface area contributed by atoms with Gasteiger partial charge in [-0.05, 0) is 39.3 Å². The van der Waals surface area contributed by atoms with Crippen LogP contribution in [0.4, 0.5) is 0 Å². The lowest BCUT2D eigenvalue weighted by atomic mass is 10.0. The summed E-state index contributed by atoms with van der Waals surface area (Å²) in [5.41, 5.74) is -0.492. The highest BCUT2D eigenvalue weighted by atomic mass is 32.2. The predicted molar refractivity (Wildman–Crippen MR) is 116 cm³/mol. The van der Waals surface area contributed by atoms with Crippen LogP contribution in [-0.2, 0) is 28.8 Å². The van der Waals surface area contributed by atoms with E-state index >= 15 is 0 Å². The molecule has 1 aliphatic rings. The zero-order valence-electron chi connectivity index (χ0n) is 18.2. The first-order chi connectivity index (χ1) is 14.1. The van der Waals surface area contributed by atoms with Crippen molar-refractivity contribution >= 4 is 15.8 Å². The van der Waals surface area contributed by atoms with Crippen LogP contribution >= 0.6 is 0 Å². The molecule has 0 spiro atoms. The smallest absolute Gasteiger partial charge is 0.306 e. The third kappa shape index (κ3) is 7.70. The fourth-order valence-corrected chi connectivity index (χ4v) is 4.46. The first kappa shape index (κ1) is 24.3. The van der Waals surface area contributed by atoms with Crippen LogP contribution in [0.15, 0.2) is 59.5 Å². The summed E-state index contributed by atoms with van der Waals surface area (Å²) in [7, 11) is -1.90. The maximum atomic E-state index is 12.6. The van der Waals surface area contributed by atoms with Crippen LogP contribution in [0.5, 0.6) is 0 Å². The third-order valence-corrected chi connectivity index (χ3v) is 6.32. The van der Waals surface area contributed by atoms with E-state index in [0.29, 0.717) is 17.7 Å². The molecule has 166 valence electrons. The molecule has 0 aromatic heterocycles. The number of ether oxygens (including phenoxy) is 3. The molecule has 0 amide bonds. The number of hydrogen-bond donors (Lipinski definition) is 0. The number of carbonyl (C=O) groups excluding carboxylic acids is 1. The molecule has 1 heterocycles. The van der Waals surface area contributed by atoms with Gasteiger partial charge in [0.25, 0.3) is 0 Å². The Bertz CT molecular complexity index is 851. The predicted octanol–water partition coefficient (Wildman–Crippen LogP) is 4.22. The average Bonchev–Trinajstić information content (AvgIpc) is 2.69. The molecule has 7 heteroatoms. The Balaban J connectivity index is 1.91. The summed E-state index contributed by atoms with van der Waals surface area (Å²) in [6, 6.07) is 8.37. The van der Waals surface area contributed by atoms with Gasteiger partial charge < -0.3 is 14.2 Å². The summed E-state index contributed by atoms with van der Waals surface area (Å²) in [5, 5.41) is 0. The molecule has 1 aliphatic heterocycles. The van der Waals surface area contributed by atoms with Crippen LogP contribution in [-0.4, -0.2) is 44.7 Å². The lowest BCUT2D eigenvalue weighted by Crippen LogP contribution is -2.41. The number of hydrogen-bond acceptors (Lipinski definition) is 6. The van der Waals surface area contributed by atoms with Crippen molar-refractivity contribution in [3.05, 3.63) is 54.6 Å². The van der Waals surface area contributed by atoms with Crippen LogP contribution in [0.1, 0.15) is 46.5 Å². The molecule has 2 atom stereocenters. The minimum absolute atomic E-state index is 0.0756. The fourth-order valence-electron chi connectivity index (χ4n) is 3.07. The fraction of sp³-hybridized carbons (Fsp3) is 0.522. The molecule has 0 fully saturated rings. The number of methoxy groups -OCH3 is 1. The van der Waals surface area contributed by atoms with Gasteiger partial charge in [0.05, 0.1) is 16.8 Å². The first-order valence-electron chi connectivity index (χ1n) is 10.1. The largest absolute Gasteiger partial charge is 0.460 e. The Kier molecular flexibility index (Phi) is 8.41. The van der Waals surface area contributed by atoms with Crippen LogP contribution in [0.3, 0.4) is 0 Å². The number of benzene rings is 1. The van der Waals surface area contributed by atoms with E-state index < -0.39 is 21.2 Å². The highest BCUT2D eigenvalue weighted by Gasteiger charge is 2.36. The molecule has 30 heavy (non-hydrogen) atoms. The quantitative estimate of drug-likeness (QED) is 0.426. The first-order valence-corrected chi connectivity index (χ1v) is 11.8. The van der Waals surface area contributed by atoms with Crippen LogP contribution in [0.2, 0.25) is 0 Å². The molecular formula is C23H32O6S. The van der Waals surface area contributed by atoms with Gasteiger partial charge in [-0.15, -0.1) is 0 Å². The van der Waals surface area contributed by atoms with E-state index in [-0.39, 0.29) is 30.7 Å². The van der Waals surface area contributed by atoms with E-state index in [1.807, 2.05) is 45.1 Å². The van der Waals surface area contributed by atoms with Crippen molar-refractivity contribution in [3.8, 4) is 0 Å². The van der Waals surface area contributed by atoms with Crippen molar-refractivity contribution in [1.82, 2.24) is 0 Å². The Morgan fingerprint density at radius 1 is 1.27 bits per heavy atom. The number of rotatable bonds is 9. The molecule has 0 saturated heterocycles. The Morgan fingerprint density at radius 2 is 1.97 bits per heavy atom. The average molecular weight is 437 g/mol. The Labute approximate surface area is 179 Å². The lowest BCUT2D eigenvalue weighted by Gasteiger charge is -2.36. The van der Waals surface area contributed by atoms with Gasteiger partial charge in [-0.1, -0.05) is 42.5 Å². The van der Waals surface area contributed by atoms with Crippen LogP contribution in [0, 0.1) is 0 Å². The second-order valence-corrected chi connectivity index (χ2v) is 10.4. The van der Waals surface area contributed by atoms with Crippen molar-refractivity contribution in [1.29, 1.82) is 0 Å². The monoisotopic (exact) mass is 436 g/mol. The Morgan fingerprint density at radius 3 is 2.60 bits per heavy atom. The molecule has 0 saturated carbocycles. The van der Waals surface area contributed by atoms with E-state index in [2.05, 4.69) is 0 Å². The summed E-state index contributed by atoms with van der Waals surface area (Å²) in [6.45, 7) is 5.51. The van der Waals surface area contributed by atoms with Crippen molar-refractivity contribution < 1.29 is 27.4 Å². The Hall–Kier alpha value is -1.96. The number of allylic oxidation sites excluding steroid dienone is 1. The van der Waals surface area contributed by atoms with E-state index in [4.69, 9.17) is 14.2 Å². The molecule has 0 bridgehead atoms. The minimum atomic E-state index is -3.42. The normalized spacial score (nSPS) is 22.3. The summed E-state index contributed by atoms with van der Waals surface area (Å²) in [4.78, 5) is 12.1. The van der Waals surface area contributed by atoms with Crippen LogP contribution < -0.4 is 0 Å². The van der Waals surface area contributed by atoms with Crippen molar-refractivity contribution in [2.45, 2.75) is 68.8 Å². The number of carbonyl (C=O) groups is 1. The molecule has 1 aromatic rings. The van der Waals surface area contributed by atoms with E-state index in [1.165, 1.54) is 7.11 Å². The zero-order valence-corrected chi connectivity index (χ0v) is 19.0. The van der Waals surface area contributed by atoms with Crippen molar-refractivity contribution in [2.24, 2.45) is 0 Å². The van der Waals surface area contributed by atoms with Gasteiger partial charge in [-0.25, -0.2) is 8.42 Å². The standard InChI is InChI=1S/C23H32O6S/c1-22(2,3)29-21(24)15-9-8-11-19-12-10-16-23(27-4,28-19)17-18-30(25,26)20-13-6-5-7-14-20/h5-8,10-14,19H,9,15-18H2,1-4H3/b11-8+/t19-,23-/m0/s1. The summed E-state index contributed by atoms with van der Waals surface area (Å²) in [5.74, 6) is -1.32. The number of esters is 1. The molecule has 2 rings (SSSR count). The highest BCUT2D eigenvalue weighted by Crippen LogP contribution is 2.30. The SMILES string of the molecule is CO[C@@]1(CCS(=O)(=O)c2ccccc2)CC=C[C@H](/C=C/CCC(=O)OC(C)(C)C)O1. The van der Waals surface area contributed by atoms with Gasteiger partial charge in [0.2, 0.25) is 0 Å². The third-order valence-electron chi connectivity index (χ3n) is 4.59. The molecule has 6 nitrogen and oxygen atoms in total. The molecule has 0 radical (unpaired) electrons. The summed E-state index contributed by atoms with van der Waals surface area (Å²) in [6.07, 6.45) is 8.70. The van der Waals surface area contributed by atoms with Gasteiger partial charge in [-0.3, -0.25) is 4.79 Å². The molecule has 0 aliphatic carbocycles. The lowest BCUT2D eigenvalue weighted by molar-refractivity contribution is -0.233. The van der Waals surface area contributed by atoms with Crippen molar-refractivity contribution in [3.63, 3.8) is 0 Å². The minimum Gasteiger partial charge on any atom is -0.460 e. The second kappa shape index (κ2) is 10.4. The van der Waals surface area contributed by atoms with E-state index in [9.17, 15) is 13.2 Å². The van der Waals surface area contributed by atoms with E-state index in [0.717, 1.165) is 0 Å². The zero-order chi connectivity index (χ0) is 22.3. The number of sulfone groups is 1. The highest BCUT2D eigenvalue weighted by molar-refractivity contribution is 7.91. The van der Waals surface area contributed by atoms with Gasteiger partial charge in [0.1, 0.15) is 5.60 Å². The molecule has 0 unspecified atom stereocenters. The summed E-state index contributed by atoms with van der Waals surface area (Å²) < 4.78 is 42.1. The molecule has 0 N–H and O–H groups in total. The molecular weight excluding hydrogens is 404 g/mol. The van der Waals surface area contributed by atoms with Gasteiger partial charge in [0, 0.05) is 26.4 Å². The maximum Gasteiger partial charge on any atom is 0.306 e. The van der Waals surface area contributed by atoms with Crippen molar-refractivity contribution in [2.75, 3.05) is 12.9 Å². The van der Waals surface area contributed by atoms with Gasteiger partial charge in [-0.2, -0.15) is 0 Å². The van der Waals surface area contributed by atoms with Crippen LogP contribution in [0.25, 0.3) is 0 Å². The topological polar surface area (TPSA) is 78.9 Å². The summed E-state index contributed by atoms with van der Waals surface area (Å²) >= 11 is 0. The maximum absolute atomic E-state index is 12.6. The second-order valence-electron chi connectivity index (χ2n) is 8.26.